The van der Waals surface area contributed by atoms with Crippen LogP contribution in [0.25, 0.3) is 11.1 Å². The van der Waals surface area contributed by atoms with Crippen LogP contribution in [0.1, 0.15) is 19.5 Å². The lowest BCUT2D eigenvalue weighted by Crippen LogP contribution is -1.90. The molecular weight excluding hydrogens is 220 g/mol. The normalized spacial score (nSPS) is 9.47. The van der Waals surface area contributed by atoms with Crippen LogP contribution in [0.2, 0.25) is 0 Å². The van der Waals surface area contributed by atoms with Gasteiger partial charge >= 0.3 is 0 Å². The highest BCUT2D eigenvalue weighted by Crippen LogP contribution is 2.24. The van der Waals surface area contributed by atoms with E-state index in [-0.39, 0.29) is 5.56 Å². The minimum atomic E-state index is -0.569. The maximum atomic E-state index is 13.4. The number of rotatable bonds is 1. The summed E-state index contributed by atoms with van der Waals surface area (Å²) in [5.74, 6) is -1.14. The summed E-state index contributed by atoms with van der Waals surface area (Å²) in [4.78, 5) is 4.00. The van der Waals surface area contributed by atoms with Gasteiger partial charge in [-0.25, -0.2) is 8.78 Å². The summed E-state index contributed by atoms with van der Waals surface area (Å²) in [6.45, 7) is 5.82. The minimum Gasteiger partial charge on any atom is -0.261 e. The van der Waals surface area contributed by atoms with Crippen LogP contribution in [0, 0.1) is 18.6 Å². The molecule has 0 aliphatic rings. The average molecular weight is 235 g/mol. The lowest BCUT2D eigenvalue weighted by Gasteiger charge is -2.04. The second kappa shape index (κ2) is 6.09. The molecule has 2 aromatic rings. The van der Waals surface area contributed by atoms with Gasteiger partial charge in [-0.05, 0) is 25.1 Å². The summed E-state index contributed by atoms with van der Waals surface area (Å²) in [6.07, 6.45) is 1.47. The molecule has 0 aliphatic heterocycles. The van der Waals surface area contributed by atoms with E-state index in [4.69, 9.17) is 0 Å². The molecule has 0 unspecified atom stereocenters. The number of halogens is 2. The average Bonchev–Trinajstić information content (AvgIpc) is 2.34. The topological polar surface area (TPSA) is 12.9 Å². The number of hydrogen-bond donors (Lipinski definition) is 0. The smallest absolute Gasteiger partial charge is 0.134 e. The van der Waals surface area contributed by atoms with E-state index in [2.05, 4.69) is 4.98 Å². The zero-order chi connectivity index (χ0) is 12.8. The molecule has 0 saturated heterocycles. The molecule has 0 fully saturated rings. The highest BCUT2D eigenvalue weighted by Gasteiger charge is 2.10. The third kappa shape index (κ3) is 3.09. The summed E-state index contributed by atoms with van der Waals surface area (Å²) >= 11 is 0. The van der Waals surface area contributed by atoms with E-state index in [9.17, 15) is 8.78 Å². The number of aryl methyl sites for hydroxylation is 1. The summed E-state index contributed by atoms with van der Waals surface area (Å²) in [5.41, 5.74) is 1.25. The van der Waals surface area contributed by atoms with Gasteiger partial charge < -0.3 is 0 Å². The second-order valence-electron chi connectivity index (χ2n) is 3.28. The number of nitrogens with zero attached hydrogens (tertiary/aromatic N) is 1. The van der Waals surface area contributed by atoms with Crippen LogP contribution < -0.4 is 0 Å². The van der Waals surface area contributed by atoms with Crippen molar-refractivity contribution in [2.45, 2.75) is 20.8 Å². The van der Waals surface area contributed by atoms with E-state index >= 15 is 0 Å². The van der Waals surface area contributed by atoms with Gasteiger partial charge in [-0.3, -0.25) is 4.98 Å². The van der Waals surface area contributed by atoms with Crippen LogP contribution >= 0.6 is 0 Å². The van der Waals surface area contributed by atoms with Gasteiger partial charge in [0, 0.05) is 17.5 Å². The maximum absolute atomic E-state index is 13.4. The van der Waals surface area contributed by atoms with Crippen LogP contribution in [0.3, 0.4) is 0 Å². The third-order valence-electron chi connectivity index (χ3n) is 2.16. The van der Waals surface area contributed by atoms with E-state index in [1.807, 2.05) is 20.8 Å². The SMILES string of the molecule is CC.Cc1ccc(-c2c(F)cccc2F)cn1. The Hall–Kier alpha value is -1.77. The molecule has 17 heavy (non-hydrogen) atoms. The van der Waals surface area contributed by atoms with Crippen molar-refractivity contribution in [3.05, 3.63) is 53.9 Å². The molecular formula is C14H15F2N. The Kier molecular flexibility index (Phi) is 4.76. The van der Waals surface area contributed by atoms with E-state index in [0.717, 1.165) is 5.69 Å². The van der Waals surface area contributed by atoms with Crippen LogP contribution in [-0.4, -0.2) is 4.98 Å². The van der Waals surface area contributed by atoms with E-state index in [1.165, 1.54) is 24.4 Å². The van der Waals surface area contributed by atoms with Gasteiger partial charge in [0.2, 0.25) is 0 Å². The third-order valence-corrected chi connectivity index (χ3v) is 2.16. The van der Waals surface area contributed by atoms with Crippen molar-refractivity contribution in [1.82, 2.24) is 4.98 Å². The van der Waals surface area contributed by atoms with Crippen LogP contribution in [0.15, 0.2) is 36.5 Å². The molecule has 1 nitrogen and oxygen atoms in total. The van der Waals surface area contributed by atoms with Crippen molar-refractivity contribution in [2.24, 2.45) is 0 Å². The van der Waals surface area contributed by atoms with Gasteiger partial charge in [0.15, 0.2) is 0 Å². The fraction of sp³-hybridized carbons (Fsp3) is 0.214. The molecule has 0 atom stereocenters. The van der Waals surface area contributed by atoms with Gasteiger partial charge in [-0.15, -0.1) is 0 Å². The summed E-state index contributed by atoms with van der Waals surface area (Å²) in [7, 11) is 0. The quantitative estimate of drug-likeness (QED) is 0.715. The Morgan fingerprint density at radius 2 is 1.53 bits per heavy atom. The fourth-order valence-electron chi connectivity index (χ4n) is 1.39. The van der Waals surface area contributed by atoms with Crippen molar-refractivity contribution in [3.8, 4) is 11.1 Å². The Balaban J connectivity index is 0.000000686. The molecule has 0 aliphatic carbocycles. The van der Waals surface area contributed by atoms with Crippen molar-refractivity contribution >= 4 is 0 Å². The first-order chi connectivity index (χ1) is 8.18. The monoisotopic (exact) mass is 235 g/mol. The van der Waals surface area contributed by atoms with Gasteiger partial charge in [-0.2, -0.15) is 0 Å². The molecule has 90 valence electrons. The lowest BCUT2D eigenvalue weighted by atomic mass is 10.1. The van der Waals surface area contributed by atoms with Gasteiger partial charge in [-0.1, -0.05) is 26.0 Å². The van der Waals surface area contributed by atoms with Crippen LogP contribution in [-0.2, 0) is 0 Å². The molecule has 3 heteroatoms. The van der Waals surface area contributed by atoms with E-state index in [1.54, 1.807) is 12.1 Å². The molecule has 1 heterocycles. The van der Waals surface area contributed by atoms with E-state index in [0.29, 0.717) is 5.56 Å². The Morgan fingerprint density at radius 3 is 2.00 bits per heavy atom. The van der Waals surface area contributed by atoms with E-state index < -0.39 is 11.6 Å². The summed E-state index contributed by atoms with van der Waals surface area (Å²) in [6, 6.07) is 7.19. The van der Waals surface area contributed by atoms with Crippen molar-refractivity contribution in [2.75, 3.05) is 0 Å². The first kappa shape index (κ1) is 13.3. The molecule has 0 spiro atoms. The molecule has 0 bridgehead atoms. The number of pyridine rings is 1. The molecule has 2 rings (SSSR count). The number of hydrogen-bond acceptors (Lipinski definition) is 1. The van der Waals surface area contributed by atoms with Gasteiger partial charge in [0.1, 0.15) is 11.6 Å². The van der Waals surface area contributed by atoms with Crippen molar-refractivity contribution in [3.63, 3.8) is 0 Å². The molecule has 0 saturated carbocycles. The zero-order valence-corrected chi connectivity index (χ0v) is 10.2. The van der Waals surface area contributed by atoms with Gasteiger partial charge in [0.05, 0.1) is 5.56 Å². The first-order valence-corrected chi connectivity index (χ1v) is 5.55. The summed E-state index contributed by atoms with van der Waals surface area (Å²) < 4.78 is 26.7. The standard InChI is InChI=1S/C12H9F2N.C2H6/c1-8-5-6-9(7-15-8)12-10(13)3-2-4-11(12)14;1-2/h2-7H,1H3;1-2H3. The highest BCUT2D eigenvalue weighted by atomic mass is 19.1. The predicted molar refractivity (Wildman–Crippen MR) is 65.7 cm³/mol. The molecule has 0 radical (unpaired) electrons. The fourth-order valence-corrected chi connectivity index (χ4v) is 1.39. The van der Waals surface area contributed by atoms with Crippen molar-refractivity contribution in [1.29, 1.82) is 0 Å². The Labute approximate surface area is 100 Å². The molecule has 1 aromatic carbocycles. The lowest BCUT2D eigenvalue weighted by molar-refractivity contribution is 0.589. The maximum Gasteiger partial charge on any atom is 0.134 e. The molecule has 1 aromatic heterocycles. The first-order valence-electron chi connectivity index (χ1n) is 5.55. The highest BCUT2D eigenvalue weighted by molar-refractivity contribution is 5.63. The zero-order valence-electron chi connectivity index (χ0n) is 10.2. The number of benzene rings is 1. The minimum absolute atomic E-state index is 0.0231. The molecule has 0 N–H and O–H groups in total. The Bertz CT molecular complexity index is 458. The predicted octanol–water partition coefficient (Wildman–Crippen LogP) is 4.36. The van der Waals surface area contributed by atoms with Crippen LogP contribution in [0.5, 0.6) is 0 Å². The number of aromatic nitrogens is 1. The molecule has 0 amide bonds. The summed E-state index contributed by atoms with van der Waals surface area (Å²) in [5, 5.41) is 0. The second-order valence-corrected chi connectivity index (χ2v) is 3.28. The van der Waals surface area contributed by atoms with Crippen LogP contribution in [0.4, 0.5) is 8.78 Å². The van der Waals surface area contributed by atoms with Gasteiger partial charge in [0.25, 0.3) is 0 Å². The Morgan fingerprint density at radius 1 is 0.941 bits per heavy atom. The largest absolute Gasteiger partial charge is 0.261 e. The van der Waals surface area contributed by atoms with Crippen molar-refractivity contribution < 1.29 is 8.78 Å².